The van der Waals surface area contributed by atoms with Crippen LogP contribution in [0.5, 0.6) is 17.2 Å². The van der Waals surface area contributed by atoms with E-state index in [-0.39, 0.29) is 36.5 Å². The maximum atomic E-state index is 12.8. The second kappa shape index (κ2) is 12.1. The third-order valence-electron chi connectivity index (χ3n) is 4.47. The van der Waals surface area contributed by atoms with Gasteiger partial charge in [0, 0.05) is 0 Å². The van der Waals surface area contributed by atoms with E-state index in [0.29, 0.717) is 32.3 Å². The Morgan fingerprint density at radius 3 is 2.65 bits per heavy atom. The van der Waals surface area contributed by atoms with Crippen LogP contribution in [-0.4, -0.2) is 55.5 Å². The van der Waals surface area contributed by atoms with Crippen LogP contribution < -0.4 is 14.2 Å². The molecule has 0 aliphatic carbocycles. The summed E-state index contributed by atoms with van der Waals surface area (Å²) >= 11 is 10.3. The molecule has 0 N–H and O–H groups in total. The lowest BCUT2D eigenvalue weighted by atomic mass is 10.2. The van der Waals surface area contributed by atoms with Gasteiger partial charge in [0.2, 0.25) is 0 Å². The van der Waals surface area contributed by atoms with Crippen LogP contribution in [0.1, 0.15) is 12.5 Å². The molecule has 1 aliphatic rings. The molecule has 8 nitrogen and oxygen atoms in total. The van der Waals surface area contributed by atoms with Crippen molar-refractivity contribution in [2.24, 2.45) is 0 Å². The van der Waals surface area contributed by atoms with Crippen molar-refractivity contribution in [3.63, 3.8) is 0 Å². The van der Waals surface area contributed by atoms with Gasteiger partial charge in [-0.25, -0.2) is 4.79 Å². The number of carbonyl (C=O) groups is 3. The molecule has 0 saturated carbocycles. The second-order valence-electron chi connectivity index (χ2n) is 6.74. The van der Waals surface area contributed by atoms with Gasteiger partial charge in [0.15, 0.2) is 18.1 Å². The standard InChI is InChI=1S/C23H21BrClNO7S/c1-3-31-20(27)13-33-21-15(24)10-14(11-18(21)30-2)12-19-22(28)26(23(29)34-19)8-9-32-17-7-5-4-6-16(17)25/h4-7,10-12H,3,8-9,13H2,1-2H3/b19-12-. The number of halogens is 2. The number of amides is 2. The summed E-state index contributed by atoms with van der Waals surface area (Å²) in [6, 6.07) is 10.3. The molecular weight excluding hydrogens is 550 g/mol. The fourth-order valence-electron chi connectivity index (χ4n) is 2.95. The molecule has 34 heavy (non-hydrogen) atoms. The number of imide groups is 1. The predicted octanol–water partition coefficient (Wildman–Crippen LogP) is 5.17. The smallest absolute Gasteiger partial charge is 0.344 e. The Morgan fingerprint density at radius 1 is 1.18 bits per heavy atom. The van der Waals surface area contributed by atoms with Crippen molar-refractivity contribution >= 4 is 62.5 Å². The van der Waals surface area contributed by atoms with Crippen molar-refractivity contribution in [3.8, 4) is 17.2 Å². The first-order valence-corrected chi connectivity index (χ1v) is 12.1. The van der Waals surface area contributed by atoms with Gasteiger partial charge in [-0.1, -0.05) is 23.7 Å². The topological polar surface area (TPSA) is 91.4 Å². The predicted molar refractivity (Wildman–Crippen MR) is 132 cm³/mol. The van der Waals surface area contributed by atoms with Gasteiger partial charge in [-0.2, -0.15) is 0 Å². The lowest BCUT2D eigenvalue weighted by Gasteiger charge is -2.14. The number of nitrogens with zero attached hydrogens (tertiary/aromatic N) is 1. The molecule has 0 spiro atoms. The van der Waals surface area contributed by atoms with E-state index < -0.39 is 11.9 Å². The number of rotatable bonds is 10. The van der Waals surface area contributed by atoms with Gasteiger partial charge in [0.25, 0.3) is 11.1 Å². The van der Waals surface area contributed by atoms with E-state index in [1.54, 1.807) is 49.4 Å². The molecule has 1 aliphatic heterocycles. The molecule has 2 amide bonds. The second-order valence-corrected chi connectivity index (χ2v) is 8.99. The lowest BCUT2D eigenvalue weighted by molar-refractivity contribution is -0.145. The molecule has 180 valence electrons. The molecular formula is C23H21BrClNO7S. The van der Waals surface area contributed by atoms with Gasteiger partial charge in [-0.15, -0.1) is 0 Å². The minimum absolute atomic E-state index is 0.0842. The van der Waals surface area contributed by atoms with Crippen molar-refractivity contribution in [2.45, 2.75) is 6.92 Å². The van der Waals surface area contributed by atoms with Crippen LogP contribution >= 0.6 is 39.3 Å². The SMILES string of the molecule is CCOC(=O)COc1c(Br)cc(/C=C2\SC(=O)N(CCOc3ccccc3Cl)C2=O)cc1OC. The van der Waals surface area contributed by atoms with Crippen molar-refractivity contribution in [3.05, 3.63) is 56.4 Å². The summed E-state index contributed by atoms with van der Waals surface area (Å²) in [5.74, 6) is 0.215. The molecule has 0 aromatic heterocycles. The Morgan fingerprint density at radius 2 is 1.94 bits per heavy atom. The highest BCUT2D eigenvalue weighted by Crippen LogP contribution is 2.39. The van der Waals surface area contributed by atoms with E-state index >= 15 is 0 Å². The highest BCUT2D eigenvalue weighted by atomic mass is 79.9. The molecule has 1 saturated heterocycles. The van der Waals surface area contributed by atoms with Gasteiger partial charge in [0.05, 0.1) is 34.7 Å². The van der Waals surface area contributed by atoms with Crippen LogP contribution in [0, 0.1) is 0 Å². The maximum absolute atomic E-state index is 12.8. The summed E-state index contributed by atoms with van der Waals surface area (Å²) in [4.78, 5) is 38.2. The summed E-state index contributed by atoms with van der Waals surface area (Å²) in [6.07, 6.45) is 1.59. The first-order chi connectivity index (χ1) is 16.3. The molecule has 1 fully saturated rings. The Hall–Kier alpha value is -2.69. The molecule has 0 bridgehead atoms. The quantitative estimate of drug-likeness (QED) is 0.286. The highest BCUT2D eigenvalue weighted by molar-refractivity contribution is 9.10. The first-order valence-electron chi connectivity index (χ1n) is 10.1. The van der Waals surface area contributed by atoms with Crippen LogP contribution in [0.3, 0.4) is 0 Å². The molecule has 2 aromatic carbocycles. The Bertz CT molecular complexity index is 1120. The van der Waals surface area contributed by atoms with E-state index in [2.05, 4.69) is 15.9 Å². The molecule has 0 unspecified atom stereocenters. The third-order valence-corrected chi connectivity index (χ3v) is 6.28. The normalized spacial score (nSPS) is 14.5. The number of para-hydroxylation sites is 1. The fraction of sp³-hybridized carbons (Fsp3) is 0.261. The van der Waals surface area contributed by atoms with Crippen molar-refractivity contribution in [1.29, 1.82) is 0 Å². The zero-order valence-corrected chi connectivity index (χ0v) is 21.5. The van der Waals surface area contributed by atoms with Gasteiger partial charge < -0.3 is 18.9 Å². The van der Waals surface area contributed by atoms with E-state index in [9.17, 15) is 14.4 Å². The highest BCUT2D eigenvalue weighted by Gasteiger charge is 2.35. The molecule has 1 heterocycles. The van der Waals surface area contributed by atoms with Crippen molar-refractivity contribution in [1.82, 2.24) is 4.90 Å². The largest absolute Gasteiger partial charge is 0.493 e. The van der Waals surface area contributed by atoms with Crippen LogP contribution in [0.25, 0.3) is 6.08 Å². The van der Waals surface area contributed by atoms with Crippen LogP contribution in [0.4, 0.5) is 4.79 Å². The summed E-state index contributed by atoms with van der Waals surface area (Å²) in [6.45, 7) is 1.87. The maximum Gasteiger partial charge on any atom is 0.344 e. The number of esters is 1. The van der Waals surface area contributed by atoms with Crippen LogP contribution in [0.15, 0.2) is 45.8 Å². The summed E-state index contributed by atoms with van der Waals surface area (Å²) in [5.41, 5.74) is 0.602. The van der Waals surface area contributed by atoms with E-state index in [1.165, 1.54) is 7.11 Å². The Balaban J connectivity index is 1.69. The van der Waals surface area contributed by atoms with E-state index in [4.69, 9.17) is 30.5 Å². The van der Waals surface area contributed by atoms with E-state index in [1.807, 2.05) is 0 Å². The zero-order chi connectivity index (χ0) is 24.7. The lowest BCUT2D eigenvalue weighted by Crippen LogP contribution is -2.32. The molecule has 3 rings (SSSR count). The Kier molecular flexibility index (Phi) is 9.26. The van der Waals surface area contributed by atoms with Crippen molar-refractivity contribution < 1.29 is 33.3 Å². The van der Waals surface area contributed by atoms with Crippen molar-refractivity contribution in [2.75, 3.05) is 33.5 Å². The number of methoxy groups -OCH3 is 1. The van der Waals surface area contributed by atoms with Gasteiger partial charge in [-0.05, 0) is 70.5 Å². The number of hydrogen-bond acceptors (Lipinski definition) is 8. The van der Waals surface area contributed by atoms with Gasteiger partial charge >= 0.3 is 5.97 Å². The molecule has 0 atom stereocenters. The zero-order valence-electron chi connectivity index (χ0n) is 18.3. The van der Waals surface area contributed by atoms with Gasteiger partial charge in [-0.3, -0.25) is 14.5 Å². The first kappa shape index (κ1) is 25.9. The summed E-state index contributed by atoms with van der Waals surface area (Å²) in [7, 11) is 1.45. The minimum Gasteiger partial charge on any atom is -0.493 e. The van der Waals surface area contributed by atoms with Gasteiger partial charge in [0.1, 0.15) is 12.4 Å². The fourth-order valence-corrected chi connectivity index (χ4v) is 4.58. The number of thioether (sulfide) groups is 1. The summed E-state index contributed by atoms with van der Waals surface area (Å²) in [5, 5.41) is 0.0603. The molecule has 11 heteroatoms. The number of ether oxygens (including phenoxy) is 4. The number of benzene rings is 2. The van der Waals surface area contributed by atoms with Crippen LogP contribution in [-0.2, 0) is 14.3 Å². The minimum atomic E-state index is -0.507. The Labute approximate surface area is 214 Å². The van der Waals surface area contributed by atoms with E-state index in [0.717, 1.165) is 16.7 Å². The monoisotopic (exact) mass is 569 g/mol. The molecule has 2 aromatic rings. The summed E-state index contributed by atoms with van der Waals surface area (Å²) < 4.78 is 21.8. The molecule has 0 radical (unpaired) electrons. The number of hydrogen-bond donors (Lipinski definition) is 0. The average Bonchev–Trinajstić information content (AvgIpc) is 3.06. The average molecular weight is 571 g/mol. The van der Waals surface area contributed by atoms with Crippen LogP contribution in [0.2, 0.25) is 5.02 Å². The third kappa shape index (κ3) is 6.46. The number of carbonyl (C=O) groups excluding carboxylic acids is 3.